The van der Waals surface area contributed by atoms with Crippen molar-refractivity contribution in [2.75, 3.05) is 5.75 Å². The molecule has 0 saturated heterocycles. The molecule has 0 amide bonds. The van der Waals surface area contributed by atoms with E-state index in [1.165, 1.54) is 25.7 Å². The molecule has 0 aliphatic carbocycles. The van der Waals surface area contributed by atoms with Crippen molar-refractivity contribution in [2.24, 2.45) is 11.7 Å². The Labute approximate surface area is 109 Å². The zero-order valence-corrected chi connectivity index (χ0v) is 12.6. The van der Waals surface area contributed by atoms with E-state index in [1.54, 1.807) is 11.8 Å². The van der Waals surface area contributed by atoms with Crippen LogP contribution in [-0.2, 0) is 0 Å². The molecule has 0 fully saturated rings. The largest absolute Gasteiger partial charge is 0.385 e. The molecule has 1 nitrogen and oxygen atoms in total. The van der Waals surface area contributed by atoms with Crippen LogP contribution in [0.25, 0.3) is 0 Å². The summed E-state index contributed by atoms with van der Waals surface area (Å²) in [6, 6.07) is 0. The van der Waals surface area contributed by atoms with E-state index < -0.39 is 0 Å². The SMILES string of the molecule is CCCCC(CC)CSC(N)=S.[Sb]. The van der Waals surface area contributed by atoms with Crippen LogP contribution in [0.5, 0.6) is 0 Å². The summed E-state index contributed by atoms with van der Waals surface area (Å²) in [5.74, 6) is 1.91. The Morgan fingerprint density at radius 1 is 1.46 bits per heavy atom. The van der Waals surface area contributed by atoms with Crippen LogP contribution in [0.2, 0.25) is 0 Å². The molecule has 1 atom stereocenters. The molecule has 0 saturated carbocycles. The quantitative estimate of drug-likeness (QED) is 0.600. The first-order chi connectivity index (χ1) is 5.70. The van der Waals surface area contributed by atoms with E-state index in [1.807, 2.05) is 0 Å². The second-order valence-corrected chi connectivity index (χ2v) is 4.81. The van der Waals surface area contributed by atoms with Crippen LogP contribution in [-0.4, -0.2) is 34.5 Å². The molecule has 0 aliphatic heterocycles. The van der Waals surface area contributed by atoms with Gasteiger partial charge in [-0.25, -0.2) is 0 Å². The molecular formula is C9H19NS2Sb. The molecule has 0 bridgehead atoms. The first-order valence-corrected chi connectivity index (χ1v) is 6.02. The minimum Gasteiger partial charge on any atom is -0.385 e. The number of hydrogen-bond donors (Lipinski definition) is 1. The molecule has 0 aromatic heterocycles. The monoisotopic (exact) mass is 326 g/mol. The van der Waals surface area contributed by atoms with Crippen molar-refractivity contribution < 1.29 is 0 Å². The molecule has 0 rings (SSSR count). The Kier molecular flexibility index (Phi) is 14.1. The van der Waals surface area contributed by atoms with Gasteiger partial charge in [-0.05, 0) is 12.3 Å². The molecule has 0 aliphatic rings. The number of thiocarbonyl (C=S) groups is 1. The van der Waals surface area contributed by atoms with E-state index in [-0.39, 0.29) is 24.4 Å². The van der Waals surface area contributed by atoms with Gasteiger partial charge in [0, 0.05) is 30.2 Å². The Hall–Kier alpha value is 1.06. The van der Waals surface area contributed by atoms with Crippen molar-refractivity contribution in [3.63, 3.8) is 0 Å². The molecule has 0 heterocycles. The van der Waals surface area contributed by atoms with Crippen LogP contribution in [0.3, 0.4) is 0 Å². The summed E-state index contributed by atoms with van der Waals surface area (Å²) in [5, 5.41) is 0. The van der Waals surface area contributed by atoms with Gasteiger partial charge in [-0.2, -0.15) is 0 Å². The van der Waals surface area contributed by atoms with Crippen molar-refractivity contribution in [3.8, 4) is 0 Å². The third kappa shape index (κ3) is 11.0. The van der Waals surface area contributed by atoms with Crippen molar-refractivity contribution in [3.05, 3.63) is 0 Å². The van der Waals surface area contributed by atoms with Crippen LogP contribution >= 0.6 is 24.0 Å². The minimum atomic E-state index is 0. The van der Waals surface area contributed by atoms with Crippen LogP contribution < -0.4 is 5.73 Å². The van der Waals surface area contributed by atoms with E-state index in [0.29, 0.717) is 4.32 Å². The fraction of sp³-hybridized carbons (Fsp3) is 0.889. The van der Waals surface area contributed by atoms with Gasteiger partial charge >= 0.3 is 0 Å². The molecule has 1 unspecified atom stereocenters. The average molecular weight is 327 g/mol. The van der Waals surface area contributed by atoms with E-state index >= 15 is 0 Å². The Morgan fingerprint density at radius 2 is 2.08 bits per heavy atom. The van der Waals surface area contributed by atoms with E-state index in [0.717, 1.165) is 11.7 Å². The first-order valence-electron chi connectivity index (χ1n) is 4.62. The van der Waals surface area contributed by atoms with E-state index in [9.17, 15) is 0 Å². The topological polar surface area (TPSA) is 26.0 Å². The maximum atomic E-state index is 5.42. The molecule has 77 valence electrons. The predicted molar refractivity (Wildman–Crippen MR) is 68.3 cm³/mol. The second-order valence-electron chi connectivity index (χ2n) is 3.05. The van der Waals surface area contributed by atoms with Gasteiger partial charge in [-0.15, -0.1) is 0 Å². The minimum absolute atomic E-state index is 0. The number of unbranched alkanes of at least 4 members (excludes halogenated alkanes) is 1. The van der Waals surface area contributed by atoms with Crippen LogP contribution in [0.15, 0.2) is 0 Å². The van der Waals surface area contributed by atoms with E-state index in [2.05, 4.69) is 13.8 Å². The zero-order chi connectivity index (χ0) is 9.40. The number of thioether (sulfide) groups is 1. The summed E-state index contributed by atoms with van der Waals surface area (Å²) < 4.78 is 0.588. The van der Waals surface area contributed by atoms with Crippen LogP contribution in [0.1, 0.15) is 39.5 Å². The molecule has 0 aromatic carbocycles. The van der Waals surface area contributed by atoms with Crippen molar-refractivity contribution in [2.45, 2.75) is 39.5 Å². The number of nitrogens with two attached hydrogens (primary N) is 1. The summed E-state index contributed by atoms with van der Waals surface area (Å²) in [7, 11) is 0. The van der Waals surface area contributed by atoms with Gasteiger partial charge in [-0.1, -0.05) is 57.1 Å². The predicted octanol–water partition coefficient (Wildman–Crippen LogP) is 2.80. The third-order valence-electron chi connectivity index (χ3n) is 2.00. The van der Waals surface area contributed by atoms with Crippen LogP contribution in [0.4, 0.5) is 0 Å². The van der Waals surface area contributed by atoms with Gasteiger partial charge in [0.15, 0.2) is 0 Å². The van der Waals surface area contributed by atoms with Crippen molar-refractivity contribution in [1.29, 1.82) is 0 Å². The van der Waals surface area contributed by atoms with Gasteiger partial charge in [0.05, 0.1) is 0 Å². The summed E-state index contributed by atoms with van der Waals surface area (Å²) in [5.41, 5.74) is 5.42. The standard InChI is InChI=1S/C9H19NS2.Sb/c1-3-5-6-8(4-2)7-12-9(10)11;/h8H,3-7H2,1-2H3,(H2,10,11);. The molecule has 2 N–H and O–H groups in total. The normalized spacial score (nSPS) is 11.8. The molecule has 4 heteroatoms. The van der Waals surface area contributed by atoms with Gasteiger partial charge in [0.2, 0.25) is 0 Å². The Bertz CT molecular complexity index is 131. The van der Waals surface area contributed by atoms with Gasteiger partial charge in [0.1, 0.15) is 4.32 Å². The van der Waals surface area contributed by atoms with Gasteiger partial charge in [0.25, 0.3) is 0 Å². The zero-order valence-electron chi connectivity index (χ0n) is 8.45. The maximum Gasteiger partial charge on any atom is 0.131 e. The van der Waals surface area contributed by atoms with Crippen molar-refractivity contribution in [1.82, 2.24) is 0 Å². The summed E-state index contributed by atoms with van der Waals surface area (Å²) >= 11 is 6.44. The Morgan fingerprint density at radius 3 is 2.46 bits per heavy atom. The Balaban J connectivity index is 0. The van der Waals surface area contributed by atoms with Gasteiger partial charge in [-0.3, -0.25) is 0 Å². The summed E-state index contributed by atoms with van der Waals surface area (Å²) in [6.45, 7) is 4.47. The third-order valence-corrected chi connectivity index (χ3v) is 3.28. The molecule has 3 radical (unpaired) electrons. The van der Waals surface area contributed by atoms with Gasteiger partial charge < -0.3 is 5.73 Å². The van der Waals surface area contributed by atoms with E-state index in [4.69, 9.17) is 18.0 Å². The fourth-order valence-electron chi connectivity index (χ4n) is 1.10. The number of hydrogen-bond acceptors (Lipinski definition) is 2. The summed E-state index contributed by atoms with van der Waals surface area (Å²) in [6.07, 6.45) is 5.18. The molecule has 0 spiro atoms. The smallest absolute Gasteiger partial charge is 0.131 e. The number of rotatable bonds is 6. The van der Waals surface area contributed by atoms with Crippen LogP contribution in [0, 0.1) is 5.92 Å². The maximum absolute atomic E-state index is 5.42. The molecule has 13 heavy (non-hydrogen) atoms. The van der Waals surface area contributed by atoms with Crippen molar-refractivity contribution >= 4 is 52.7 Å². The molecule has 0 aromatic rings. The second kappa shape index (κ2) is 11.1. The first kappa shape index (κ1) is 16.5. The molecular weight excluding hydrogens is 308 g/mol. The fourth-order valence-corrected chi connectivity index (χ4v) is 2.10. The average Bonchev–Trinajstić information content (AvgIpc) is 2.05. The summed E-state index contributed by atoms with van der Waals surface area (Å²) in [4.78, 5) is 0.